The number of anilines is 2. The van der Waals surface area contributed by atoms with Crippen LogP contribution in [0.1, 0.15) is 6.42 Å². The Morgan fingerprint density at radius 3 is 2.90 bits per heavy atom. The van der Waals surface area contributed by atoms with Crippen molar-refractivity contribution in [3.05, 3.63) is 52.7 Å². The first-order chi connectivity index (χ1) is 9.56. The van der Waals surface area contributed by atoms with Gasteiger partial charge in [0, 0.05) is 18.7 Å². The molecule has 6 nitrogen and oxygen atoms in total. The molecule has 0 aliphatic carbocycles. The second-order valence-corrected chi connectivity index (χ2v) is 4.11. The maximum atomic E-state index is 12.9. The molecule has 20 heavy (non-hydrogen) atoms. The molecule has 0 aliphatic heterocycles. The average molecular weight is 276 g/mol. The molecule has 104 valence electrons. The van der Waals surface area contributed by atoms with E-state index in [1.807, 2.05) is 0 Å². The van der Waals surface area contributed by atoms with Gasteiger partial charge in [0.1, 0.15) is 5.82 Å². The van der Waals surface area contributed by atoms with Crippen molar-refractivity contribution in [2.45, 2.75) is 13.0 Å². The Balaban J connectivity index is 1.96. The molecule has 1 heterocycles. The molecule has 0 spiro atoms. The zero-order chi connectivity index (χ0) is 14.5. The lowest BCUT2D eigenvalue weighted by Gasteiger charge is -2.08. The molecule has 1 aromatic heterocycles. The predicted octanol–water partition coefficient (Wildman–Crippen LogP) is 0.993. The van der Waals surface area contributed by atoms with Crippen molar-refractivity contribution in [2.75, 3.05) is 11.1 Å². The fourth-order valence-corrected chi connectivity index (χ4v) is 1.62. The van der Waals surface area contributed by atoms with Crippen molar-refractivity contribution in [3.63, 3.8) is 0 Å². The third kappa shape index (κ3) is 3.41. The minimum absolute atomic E-state index is 0.0632. The van der Waals surface area contributed by atoms with Crippen LogP contribution in [0.3, 0.4) is 0 Å². The lowest BCUT2D eigenvalue weighted by Crippen LogP contribution is -2.24. The summed E-state index contributed by atoms with van der Waals surface area (Å²) in [5, 5.41) is 6.39. The van der Waals surface area contributed by atoms with Gasteiger partial charge in [-0.15, -0.1) is 0 Å². The summed E-state index contributed by atoms with van der Waals surface area (Å²) in [6, 6.07) is 6.60. The van der Waals surface area contributed by atoms with E-state index in [4.69, 9.17) is 5.73 Å². The van der Waals surface area contributed by atoms with Gasteiger partial charge in [0.2, 0.25) is 5.91 Å². The van der Waals surface area contributed by atoms with Gasteiger partial charge >= 0.3 is 0 Å². The van der Waals surface area contributed by atoms with E-state index in [2.05, 4.69) is 10.4 Å². The van der Waals surface area contributed by atoms with Gasteiger partial charge in [0.25, 0.3) is 5.56 Å². The van der Waals surface area contributed by atoms with Crippen LogP contribution in [-0.4, -0.2) is 15.7 Å². The third-order valence-corrected chi connectivity index (χ3v) is 2.62. The van der Waals surface area contributed by atoms with E-state index < -0.39 is 5.82 Å². The summed E-state index contributed by atoms with van der Waals surface area (Å²) in [6.45, 7) is 0.159. The van der Waals surface area contributed by atoms with E-state index in [1.54, 1.807) is 0 Å². The lowest BCUT2D eigenvalue weighted by molar-refractivity contribution is -0.116. The first kappa shape index (κ1) is 13.7. The molecular weight excluding hydrogens is 263 g/mol. The Morgan fingerprint density at radius 2 is 2.20 bits per heavy atom. The topological polar surface area (TPSA) is 90.0 Å². The molecule has 0 saturated heterocycles. The van der Waals surface area contributed by atoms with Gasteiger partial charge in [-0.05, 0) is 24.3 Å². The summed E-state index contributed by atoms with van der Waals surface area (Å²) in [4.78, 5) is 23.1. The molecule has 0 fully saturated rings. The molecule has 0 aliphatic rings. The zero-order valence-electron chi connectivity index (χ0n) is 10.5. The normalized spacial score (nSPS) is 10.2. The van der Waals surface area contributed by atoms with Gasteiger partial charge < -0.3 is 11.1 Å². The van der Waals surface area contributed by atoms with E-state index in [0.29, 0.717) is 5.69 Å². The number of benzene rings is 1. The molecule has 0 unspecified atom stereocenters. The second kappa shape index (κ2) is 5.96. The molecule has 2 aromatic rings. The van der Waals surface area contributed by atoms with E-state index >= 15 is 0 Å². The quantitative estimate of drug-likeness (QED) is 0.815. The first-order valence-corrected chi connectivity index (χ1v) is 5.93. The highest BCUT2D eigenvalue weighted by molar-refractivity contribution is 5.93. The van der Waals surface area contributed by atoms with Gasteiger partial charge in [0.15, 0.2) is 0 Å². The molecule has 2 rings (SSSR count). The van der Waals surface area contributed by atoms with Crippen LogP contribution in [-0.2, 0) is 11.3 Å². The number of carbonyl (C=O) groups excluding carboxylic acids is 1. The number of hydrogen-bond acceptors (Lipinski definition) is 4. The standard InChI is InChI=1S/C13H13FN4O2/c14-9-3-4-11(10(15)8-9)17-12(19)5-7-18-13(20)2-1-6-16-18/h1-4,6,8H,5,7,15H2,(H,17,19). The summed E-state index contributed by atoms with van der Waals surface area (Å²) in [5.74, 6) is -0.804. The Kier molecular flexibility index (Phi) is 4.09. The molecular formula is C13H13FN4O2. The van der Waals surface area contributed by atoms with E-state index in [-0.39, 0.29) is 30.1 Å². The number of carbonyl (C=O) groups is 1. The second-order valence-electron chi connectivity index (χ2n) is 4.11. The van der Waals surface area contributed by atoms with Crippen LogP contribution in [0.2, 0.25) is 0 Å². The lowest BCUT2D eigenvalue weighted by atomic mass is 10.2. The van der Waals surface area contributed by atoms with Crippen molar-refractivity contribution >= 4 is 17.3 Å². The maximum absolute atomic E-state index is 12.9. The molecule has 1 aromatic carbocycles. The first-order valence-electron chi connectivity index (χ1n) is 5.93. The summed E-state index contributed by atoms with van der Waals surface area (Å²) in [6.07, 6.45) is 1.53. The highest BCUT2D eigenvalue weighted by Crippen LogP contribution is 2.19. The van der Waals surface area contributed by atoms with Crippen LogP contribution in [0.15, 0.2) is 41.3 Å². The van der Waals surface area contributed by atoms with Crippen molar-refractivity contribution < 1.29 is 9.18 Å². The molecule has 3 N–H and O–H groups in total. The molecule has 0 bridgehead atoms. The van der Waals surface area contributed by atoms with Crippen LogP contribution < -0.4 is 16.6 Å². The van der Waals surface area contributed by atoms with E-state index in [1.165, 1.54) is 35.1 Å². The smallest absolute Gasteiger partial charge is 0.266 e. The maximum Gasteiger partial charge on any atom is 0.266 e. The Hall–Kier alpha value is -2.70. The minimum atomic E-state index is -0.472. The van der Waals surface area contributed by atoms with Crippen LogP contribution in [0, 0.1) is 5.82 Å². The summed E-state index contributed by atoms with van der Waals surface area (Å²) < 4.78 is 14.0. The fraction of sp³-hybridized carbons (Fsp3) is 0.154. The Morgan fingerprint density at radius 1 is 1.40 bits per heavy atom. The zero-order valence-corrected chi connectivity index (χ0v) is 10.5. The number of nitrogens with two attached hydrogens (primary N) is 1. The Bertz CT molecular complexity index is 684. The highest BCUT2D eigenvalue weighted by Gasteiger charge is 2.07. The van der Waals surface area contributed by atoms with Gasteiger partial charge in [-0.2, -0.15) is 5.10 Å². The van der Waals surface area contributed by atoms with Gasteiger partial charge in [-0.25, -0.2) is 9.07 Å². The summed E-state index contributed by atoms with van der Waals surface area (Å²) >= 11 is 0. The summed E-state index contributed by atoms with van der Waals surface area (Å²) in [5.41, 5.74) is 5.79. The van der Waals surface area contributed by atoms with Crippen LogP contribution in [0.4, 0.5) is 15.8 Å². The van der Waals surface area contributed by atoms with E-state index in [9.17, 15) is 14.0 Å². The molecule has 7 heteroatoms. The predicted molar refractivity (Wildman–Crippen MR) is 72.6 cm³/mol. The highest BCUT2D eigenvalue weighted by atomic mass is 19.1. The number of aryl methyl sites for hydroxylation is 1. The van der Waals surface area contributed by atoms with Crippen LogP contribution in [0.5, 0.6) is 0 Å². The van der Waals surface area contributed by atoms with Gasteiger partial charge in [-0.1, -0.05) is 0 Å². The van der Waals surface area contributed by atoms with Crippen molar-refractivity contribution in [1.82, 2.24) is 9.78 Å². The van der Waals surface area contributed by atoms with Gasteiger partial charge in [0.05, 0.1) is 17.9 Å². The number of hydrogen-bond donors (Lipinski definition) is 2. The van der Waals surface area contributed by atoms with Crippen molar-refractivity contribution in [1.29, 1.82) is 0 Å². The van der Waals surface area contributed by atoms with Crippen LogP contribution >= 0.6 is 0 Å². The summed E-state index contributed by atoms with van der Waals surface area (Å²) in [7, 11) is 0. The minimum Gasteiger partial charge on any atom is -0.397 e. The van der Waals surface area contributed by atoms with E-state index in [0.717, 1.165) is 6.07 Å². The number of aromatic nitrogens is 2. The number of amides is 1. The third-order valence-electron chi connectivity index (χ3n) is 2.62. The number of rotatable bonds is 4. The Labute approximate surface area is 114 Å². The van der Waals surface area contributed by atoms with Crippen LogP contribution in [0.25, 0.3) is 0 Å². The number of halogens is 1. The average Bonchev–Trinajstić information content (AvgIpc) is 2.41. The van der Waals surface area contributed by atoms with Gasteiger partial charge in [-0.3, -0.25) is 9.59 Å². The van der Waals surface area contributed by atoms with Crippen molar-refractivity contribution in [2.24, 2.45) is 0 Å². The fourth-order valence-electron chi connectivity index (χ4n) is 1.62. The number of nitrogen functional groups attached to an aromatic ring is 1. The molecule has 1 amide bonds. The number of nitrogens with zero attached hydrogens (tertiary/aromatic N) is 2. The number of nitrogens with one attached hydrogen (secondary N) is 1. The SMILES string of the molecule is Nc1cc(F)ccc1NC(=O)CCn1ncccc1=O. The van der Waals surface area contributed by atoms with Crippen molar-refractivity contribution in [3.8, 4) is 0 Å². The molecule has 0 radical (unpaired) electrons. The molecule has 0 atom stereocenters. The largest absolute Gasteiger partial charge is 0.397 e. The monoisotopic (exact) mass is 276 g/mol. The molecule has 0 saturated carbocycles.